The van der Waals surface area contributed by atoms with Crippen molar-refractivity contribution in [2.24, 2.45) is 0 Å². The molecule has 1 saturated carbocycles. The van der Waals surface area contributed by atoms with E-state index in [1.807, 2.05) is 6.07 Å². The van der Waals surface area contributed by atoms with Crippen LogP contribution in [0.4, 0.5) is 5.69 Å². The van der Waals surface area contributed by atoms with Crippen LogP contribution in [0.1, 0.15) is 36.8 Å². The van der Waals surface area contributed by atoms with Gasteiger partial charge in [-0.15, -0.1) is 0 Å². The number of nitrogens with one attached hydrogen (secondary N) is 1. The molecule has 1 saturated heterocycles. The van der Waals surface area contributed by atoms with Gasteiger partial charge < -0.3 is 4.90 Å². The fourth-order valence-corrected chi connectivity index (χ4v) is 6.23. The number of hydrogen-bond acceptors (Lipinski definition) is 4. The molecule has 0 spiro atoms. The van der Waals surface area contributed by atoms with Gasteiger partial charge in [0.2, 0.25) is 10.0 Å². The number of rotatable bonds is 5. The Bertz CT molecular complexity index is 954. The van der Waals surface area contributed by atoms with Gasteiger partial charge in [-0.1, -0.05) is 43.2 Å². The van der Waals surface area contributed by atoms with E-state index in [1.54, 1.807) is 24.3 Å². The lowest BCUT2D eigenvalue weighted by Crippen LogP contribution is -2.58. The largest absolute Gasteiger partial charge is 0.369 e. The van der Waals surface area contributed by atoms with E-state index in [-0.39, 0.29) is 12.1 Å². The highest BCUT2D eigenvalue weighted by Gasteiger charge is 2.34. The molecule has 2 fully saturated rings. The van der Waals surface area contributed by atoms with E-state index in [9.17, 15) is 8.42 Å². The van der Waals surface area contributed by atoms with Crippen LogP contribution in [-0.4, -0.2) is 51.6 Å². The molecule has 1 heterocycles. The smallest absolute Gasteiger partial charge is 0.240 e. The van der Waals surface area contributed by atoms with Crippen molar-refractivity contribution < 1.29 is 8.42 Å². The third-order valence-corrected chi connectivity index (χ3v) is 8.08. The number of hydrogen-bond donors (Lipinski definition) is 1. The molecule has 6 heteroatoms. The Hall–Kier alpha value is -1.89. The first-order chi connectivity index (χ1) is 14.4. The van der Waals surface area contributed by atoms with Gasteiger partial charge in [0.05, 0.1) is 4.90 Å². The van der Waals surface area contributed by atoms with E-state index >= 15 is 0 Å². The van der Waals surface area contributed by atoms with Crippen molar-refractivity contribution in [3.63, 3.8) is 0 Å². The highest BCUT2D eigenvalue weighted by atomic mass is 32.2. The third-order valence-electron chi connectivity index (χ3n) is 6.58. The Labute approximate surface area is 181 Å². The lowest BCUT2D eigenvalue weighted by molar-refractivity contribution is 0.124. The molecule has 2 atom stereocenters. The van der Waals surface area contributed by atoms with Crippen molar-refractivity contribution in [2.45, 2.75) is 56.5 Å². The van der Waals surface area contributed by atoms with Crippen molar-refractivity contribution >= 4 is 15.7 Å². The molecule has 4 rings (SSSR count). The first-order valence-electron chi connectivity index (χ1n) is 11.1. The van der Waals surface area contributed by atoms with E-state index < -0.39 is 10.0 Å². The maximum Gasteiger partial charge on any atom is 0.240 e. The molecule has 1 N–H and O–H groups in total. The molecule has 0 aromatic heterocycles. The molecule has 0 amide bonds. The Morgan fingerprint density at radius 2 is 1.60 bits per heavy atom. The van der Waals surface area contributed by atoms with Gasteiger partial charge in [-0.2, -0.15) is 0 Å². The van der Waals surface area contributed by atoms with E-state index in [0.717, 1.165) is 45.4 Å². The van der Waals surface area contributed by atoms with E-state index in [0.29, 0.717) is 4.90 Å². The summed E-state index contributed by atoms with van der Waals surface area (Å²) in [5.41, 5.74) is 3.94. The molecule has 1 aliphatic carbocycles. The number of anilines is 1. The fraction of sp³-hybridized carbons (Fsp3) is 0.500. The number of aryl methyl sites for hydroxylation is 2. The molecule has 0 radical (unpaired) electrons. The summed E-state index contributed by atoms with van der Waals surface area (Å²) in [4.78, 5) is 5.35. The SMILES string of the molecule is Cc1ccc(C)c(N2CCN([C@H]3CCCC[C@@H]3NS(=O)(=O)c3ccccc3)CC2)c1. The van der Waals surface area contributed by atoms with Crippen LogP contribution in [0.25, 0.3) is 0 Å². The number of piperazine rings is 1. The van der Waals surface area contributed by atoms with Crippen LogP contribution < -0.4 is 9.62 Å². The molecule has 1 aliphatic heterocycles. The predicted molar refractivity (Wildman–Crippen MR) is 123 cm³/mol. The highest BCUT2D eigenvalue weighted by Crippen LogP contribution is 2.28. The van der Waals surface area contributed by atoms with E-state index in [1.165, 1.54) is 23.2 Å². The Morgan fingerprint density at radius 1 is 0.900 bits per heavy atom. The van der Waals surface area contributed by atoms with Crippen LogP contribution in [0, 0.1) is 13.8 Å². The Morgan fingerprint density at radius 3 is 2.33 bits per heavy atom. The molecule has 162 valence electrons. The molecule has 5 nitrogen and oxygen atoms in total. The summed E-state index contributed by atoms with van der Waals surface area (Å²) in [6, 6.07) is 15.6. The van der Waals surface area contributed by atoms with Crippen LogP contribution in [0.3, 0.4) is 0 Å². The maximum absolute atomic E-state index is 12.9. The minimum Gasteiger partial charge on any atom is -0.369 e. The van der Waals surface area contributed by atoms with Gasteiger partial charge in [-0.25, -0.2) is 13.1 Å². The predicted octanol–water partition coefficient (Wildman–Crippen LogP) is 3.72. The lowest BCUT2D eigenvalue weighted by Gasteiger charge is -2.45. The van der Waals surface area contributed by atoms with Gasteiger partial charge in [0.25, 0.3) is 0 Å². The van der Waals surface area contributed by atoms with Crippen LogP contribution in [0.2, 0.25) is 0 Å². The average molecular weight is 428 g/mol. The second-order valence-electron chi connectivity index (χ2n) is 8.71. The van der Waals surface area contributed by atoms with Crippen LogP contribution >= 0.6 is 0 Å². The third kappa shape index (κ3) is 4.71. The lowest BCUT2D eigenvalue weighted by atomic mass is 9.89. The monoisotopic (exact) mass is 427 g/mol. The van der Waals surface area contributed by atoms with Gasteiger partial charge in [-0.3, -0.25) is 4.90 Å². The van der Waals surface area contributed by atoms with Crippen molar-refractivity contribution in [1.29, 1.82) is 0 Å². The van der Waals surface area contributed by atoms with Gasteiger partial charge >= 0.3 is 0 Å². The Kier molecular flexibility index (Phi) is 6.46. The minimum absolute atomic E-state index is 0.0174. The maximum atomic E-state index is 12.9. The van der Waals surface area contributed by atoms with Gasteiger partial charge in [-0.05, 0) is 56.0 Å². The Balaban J connectivity index is 1.43. The highest BCUT2D eigenvalue weighted by molar-refractivity contribution is 7.89. The first-order valence-corrected chi connectivity index (χ1v) is 12.6. The molecule has 2 aromatic carbocycles. The summed E-state index contributed by atoms with van der Waals surface area (Å²) >= 11 is 0. The summed E-state index contributed by atoms with van der Waals surface area (Å²) < 4.78 is 28.8. The van der Waals surface area contributed by atoms with Crippen molar-refractivity contribution in [3.8, 4) is 0 Å². The second-order valence-corrected chi connectivity index (χ2v) is 10.4. The van der Waals surface area contributed by atoms with E-state index in [4.69, 9.17) is 0 Å². The number of benzene rings is 2. The summed E-state index contributed by atoms with van der Waals surface area (Å²) in [6.07, 6.45) is 4.23. The van der Waals surface area contributed by atoms with Crippen LogP contribution in [-0.2, 0) is 10.0 Å². The zero-order chi connectivity index (χ0) is 21.1. The topological polar surface area (TPSA) is 52.6 Å². The summed E-state index contributed by atoms with van der Waals surface area (Å²) in [7, 11) is -3.48. The summed E-state index contributed by atoms with van der Waals surface area (Å²) in [5.74, 6) is 0. The fourth-order valence-electron chi connectivity index (χ4n) is 4.91. The summed E-state index contributed by atoms with van der Waals surface area (Å²) in [5, 5.41) is 0. The van der Waals surface area contributed by atoms with Crippen LogP contribution in [0.5, 0.6) is 0 Å². The molecular formula is C24H33N3O2S. The standard InChI is InChI=1S/C24H33N3O2S/c1-19-12-13-20(2)24(18-19)27-16-14-26(15-17-27)23-11-7-6-10-22(23)25-30(28,29)21-8-4-3-5-9-21/h3-5,8-9,12-13,18,22-23,25H,6-7,10-11,14-17H2,1-2H3/t22-,23-/m0/s1. The molecule has 2 aliphatic rings. The van der Waals surface area contributed by atoms with Crippen molar-refractivity contribution in [2.75, 3.05) is 31.1 Å². The van der Waals surface area contributed by atoms with Crippen LogP contribution in [0.15, 0.2) is 53.4 Å². The zero-order valence-corrected chi connectivity index (χ0v) is 18.9. The molecular weight excluding hydrogens is 394 g/mol. The second kappa shape index (κ2) is 9.08. The molecule has 0 bridgehead atoms. The average Bonchev–Trinajstić information content (AvgIpc) is 2.76. The molecule has 30 heavy (non-hydrogen) atoms. The van der Waals surface area contributed by atoms with Crippen molar-refractivity contribution in [1.82, 2.24) is 9.62 Å². The number of nitrogens with zero attached hydrogens (tertiary/aromatic N) is 2. The van der Waals surface area contributed by atoms with Crippen molar-refractivity contribution in [3.05, 3.63) is 59.7 Å². The summed E-state index contributed by atoms with van der Waals surface area (Å²) in [6.45, 7) is 8.24. The van der Waals surface area contributed by atoms with Gasteiger partial charge in [0.1, 0.15) is 0 Å². The molecule has 2 aromatic rings. The normalized spacial score (nSPS) is 23.5. The minimum atomic E-state index is -3.48. The quantitative estimate of drug-likeness (QED) is 0.790. The zero-order valence-electron chi connectivity index (χ0n) is 18.0. The molecule has 0 unspecified atom stereocenters. The van der Waals surface area contributed by atoms with E-state index in [2.05, 4.69) is 46.6 Å². The first kappa shape index (κ1) is 21.3. The van der Waals surface area contributed by atoms with Gasteiger partial charge in [0, 0.05) is 44.0 Å². The number of sulfonamides is 1. The van der Waals surface area contributed by atoms with Gasteiger partial charge in [0.15, 0.2) is 0 Å².